The molecule has 9 nitrogen and oxygen atoms in total. The van der Waals surface area contributed by atoms with Crippen LogP contribution >= 0.6 is 0 Å². The highest BCUT2D eigenvalue weighted by Crippen LogP contribution is 2.47. The summed E-state index contributed by atoms with van der Waals surface area (Å²) in [5, 5.41) is 22.8. The highest BCUT2D eigenvalue weighted by atomic mass is 19.1. The van der Waals surface area contributed by atoms with Crippen molar-refractivity contribution in [2.24, 2.45) is 0 Å². The van der Waals surface area contributed by atoms with Gasteiger partial charge >= 0.3 is 6.01 Å². The molecule has 4 aliphatic rings. The maximum absolute atomic E-state index is 17.6. The summed E-state index contributed by atoms with van der Waals surface area (Å²) in [6, 6.07) is 7.65. The first-order valence-corrected chi connectivity index (χ1v) is 18.1. The maximum atomic E-state index is 17.6. The van der Waals surface area contributed by atoms with Crippen LogP contribution in [0.4, 0.5) is 19.0 Å². The Morgan fingerprint density at radius 1 is 1.12 bits per heavy atom. The lowest BCUT2D eigenvalue weighted by Gasteiger charge is -2.42. The van der Waals surface area contributed by atoms with Gasteiger partial charge in [0.1, 0.15) is 47.0 Å². The van der Waals surface area contributed by atoms with Crippen LogP contribution in [0.5, 0.6) is 11.8 Å². The molecule has 3 aromatic carbocycles. The number of hydrogen-bond acceptors (Lipinski definition) is 9. The zero-order chi connectivity index (χ0) is 36.1. The van der Waals surface area contributed by atoms with Crippen LogP contribution in [0, 0.1) is 30.9 Å². The number of ether oxygens (including phenoxy) is 1. The minimum atomic E-state index is -0.946. The van der Waals surface area contributed by atoms with Gasteiger partial charge < -0.3 is 24.3 Å². The minimum absolute atomic E-state index is 0.0206. The molecule has 2 aromatic heterocycles. The molecule has 4 fully saturated rings. The summed E-state index contributed by atoms with van der Waals surface area (Å²) >= 11 is 0. The van der Waals surface area contributed by atoms with Crippen molar-refractivity contribution in [3.05, 3.63) is 53.3 Å². The second-order valence-electron chi connectivity index (χ2n) is 15.2. The molecule has 5 atom stereocenters. The number of aromatic nitrogens is 2. The monoisotopic (exact) mass is 711 g/mol. The number of alkyl halides is 1. The van der Waals surface area contributed by atoms with E-state index in [1.807, 2.05) is 6.07 Å². The smallest absolute Gasteiger partial charge is 0.319 e. The lowest BCUT2D eigenvalue weighted by atomic mass is 9.91. The number of aromatic hydroxyl groups is 1. The van der Waals surface area contributed by atoms with Gasteiger partial charge in [-0.3, -0.25) is 9.80 Å². The second-order valence-corrected chi connectivity index (χ2v) is 15.2. The zero-order valence-corrected chi connectivity index (χ0v) is 29.1. The third kappa shape index (κ3) is 5.19. The Labute approximate surface area is 299 Å². The standard InChI is InChI=1S/C40H40F3N5O4/c1-4-28-31(42)9-6-23-13-27(50)14-29(32(23)28)33-35(43)36-34(30-12-22(3)52-37(30)33)38(46-18-25-7-8-26(19-46)48(25)16-21(2)49)45-39(44-36)51-20-40-10-5-11-47(40)17-24(41)15-40/h1,6,9,12-14,21,24-26,49-50H,5,7-8,10-11,15-20H2,2-3H3/t21-,24+,25?,26?,40-/m0/s1. The van der Waals surface area contributed by atoms with Gasteiger partial charge in [0, 0.05) is 61.0 Å². The molecule has 0 radical (unpaired) electrons. The number of hydrogen-bond donors (Lipinski definition) is 2. The average molecular weight is 712 g/mol. The fraction of sp³-hybridized carbons (Fsp3) is 0.450. The first-order valence-electron chi connectivity index (χ1n) is 18.1. The summed E-state index contributed by atoms with van der Waals surface area (Å²) in [7, 11) is 0. The molecule has 0 amide bonds. The number of halogens is 3. The van der Waals surface area contributed by atoms with E-state index in [0.29, 0.717) is 60.3 Å². The molecule has 2 bridgehead atoms. The van der Waals surface area contributed by atoms with Gasteiger partial charge in [-0.2, -0.15) is 9.97 Å². The number of aryl methyl sites for hydroxylation is 1. The van der Waals surface area contributed by atoms with Crippen molar-refractivity contribution in [3.8, 4) is 35.2 Å². The molecule has 2 unspecified atom stereocenters. The number of phenolic OH excluding ortho intramolecular Hbond substituents is 1. The van der Waals surface area contributed by atoms with Gasteiger partial charge in [0.05, 0.1) is 28.2 Å². The number of furan rings is 1. The van der Waals surface area contributed by atoms with E-state index in [9.17, 15) is 14.6 Å². The summed E-state index contributed by atoms with van der Waals surface area (Å²) in [6.07, 6.45) is 8.39. The van der Waals surface area contributed by atoms with Crippen LogP contribution in [-0.2, 0) is 0 Å². The van der Waals surface area contributed by atoms with Crippen molar-refractivity contribution >= 4 is 38.5 Å². The van der Waals surface area contributed by atoms with E-state index in [-0.39, 0.29) is 63.6 Å². The normalized spacial score (nSPS) is 25.4. The van der Waals surface area contributed by atoms with Gasteiger partial charge in [0.15, 0.2) is 5.82 Å². The Kier molecular flexibility index (Phi) is 7.84. The van der Waals surface area contributed by atoms with Crippen LogP contribution in [0.3, 0.4) is 0 Å². The van der Waals surface area contributed by atoms with Crippen molar-refractivity contribution in [1.29, 1.82) is 0 Å². The fourth-order valence-corrected chi connectivity index (χ4v) is 9.65. The van der Waals surface area contributed by atoms with E-state index in [0.717, 1.165) is 32.2 Å². The molecular formula is C40H40F3N5O4. The number of benzene rings is 3. The Balaban J connectivity index is 1.27. The summed E-state index contributed by atoms with van der Waals surface area (Å²) in [5.74, 6) is 1.86. The number of anilines is 1. The van der Waals surface area contributed by atoms with Gasteiger partial charge in [-0.25, -0.2) is 13.2 Å². The molecule has 4 aliphatic heterocycles. The van der Waals surface area contributed by atoms with Crippen molar-refractivity contribution in [1.82, 2.24) is 19.8 Å². The molecular weight excluding hydrogens is 671 g/mol. The highest BCUT2D eigenvalue weighted by molar-refractivity contribution is 6.18. The number of aliphatic hydroxyl groups excluding tert-OH is 1. The van der Waals surface area contributed by atoms with E-state index >= 15 is 8.78 Å². The van der Waals surface area contributed by atoms with Crippen LogP contribution in [0.1, 0.15) is 50.4 Å². The largest absolute Gasteiger partial charge is 0.508 e. The van der Waals surface area contributed by atoms with Crippen molar-refractivity contribution < 1.29 is 32.5 Å². The Hall–Kier alpha value is -4.57. The number of terminal acetylenes is 1. The molecule has 0 saturated carbocycles. The van der Waals surface area contributed by atoms with Crippen molar-refractivity contribution in [2.45, 2.75) is 75.8 Å². The number of piperazine rings is 1. The summed E-state index contributed by atoms with van der Waals surface area (Å²) in [5.41, 5.74) is -0.231. The van der Waals surface area contributed by atoms with Crippen LogP contribution in [-0.4, -0.2) is 99.2 Å². The first-order chi connectivity index (χ1) is 25.0. The van der Waals surface area contributed by atoms with Gasteiger partial charge in [0.25, 0.3) is 0 Å². The molecule has 0 aliphatic carbocycles. The average Bonchev–Trinajstić information content (AvgIpc) is 3.81. The van der Waals surface area contributed by atoms with Crippen LogP contribution in [0.2, 0.25) is 0 Å². The van der Waals surface area contributed by atoms with E-state index in [4.69, 9.17) is 25.5 Å². The van der Waals surface area contributed by atoms with Gasteiger partial charge in [0.2, 0.25) is 0 Å². The fourth-order valence-electron chi connectivity index (χ4n) is 9.65. The molecule has 6 heterocycles. The topological polar surface area (TPSA) is 98.3 Å². The van der Waals surface area contributed by atoms with E-state index < -0.39 is 29.4 Å². The van der Waals surface area contributed by atoms with E-state index in [1.165, 1.54) is 24.3 Å². The molecule has 9 rings (SSSR count). The van der Waals surface area contributed by atoms with Crippen LogP contribution in [0.25, 0.3) is 43.8 Å². The number of phenols is 1. The third-order valence-electron chi connectivity index (χ3n) is 11.8. The van der Waals surface area contributed by atoms with Crippen LogP contribution < -0.4 is 9.64 Å². The SMILES string of the molecule is C#Cc1c(F)ccc2cc(O)cc(-c3c(F)c4nc(OC[C@@]56CCCN5C[C@H](F)C6)nc(N5CC6CCC(C5)N6C[C@H](C)O)c4c4cc(C)oc34)c12. The first kappa shape index (κ1) is 33.3. The molecule has 52 heavy (non-hydrogen) atoms. The maximum Gasteiger partial charge on any atom is 0.319 e. The number of nitrogens with zero attached hydrogens (tertiary/aromatic N) is 5. The Morgan fingerprint density at radius 3 is 2.65 bits per heavy atom. The third-order valence-corrected chi connectivity index (χ3v) is 11.8. The Bertz CT molecular complexity index is 2290. The zero-order valence-electron chi connectivity index (χ0n) is 29.1. The lowest BCUT2D eigenvalue weighted by Crippen LogP contribution is -2.55. The lowest BCUT2D eigenvalue weighted by molar-refractivity contribution is 0.0852. The predicted molar refractivity (Wildman–Crippen MR) is 192 cm³/mol. The molecule has 5 aromatic rings. The number of fused-ring (bicyclic) bond motifs is 7. The van der Waals surface area contributed by atoms with E-state index in [2.05, 4.69) is 20.6 Å². The molecule has 270 valence electrons. The number of rotatable bonds is 7. The second kappa shape index (κ2) is 12.3. The van der Waals surface area contributed by atoms with Crippen LogP contribution in [0.15, 0.2) is 34.7 Å². The van der Waals surface area contributed by atoms with Gasteiger partial charge in [-0.1, -0.05) is 12.0 Å². The predicted octanol–water partition coefficient (Wildman–Crippen LogP) is 6.46. The van der Waals surface area contributed by atoms with Gasteiger partial charge in [-0.15, -0.1) is 6.42 Å². The summed E-state index contributed by atoms with van der Waals surface area (Å²) < 4.78 is 60.1. The van der Waals surface area contributed by atoms with Gasteiger partial charge in [-0.05, 0) is 75.7 Å². The molecule has 2 N–H and O–H groups in total. The molecule has 12 heteroatoms. The summed E-state index contributed by atoms with van der Waals surface area (Å²) in [6.45, 7) is 6.64. The Morgan fingerprint density at radius 2 is 1.90 bits per heavy atom. The molecule has 0 spiro atoms. The number of aliphatic hydroxyl groups is 1. The van der Waals surface area contributed by atoms with E-state index in [1.54, 1.807) is 13.8 Å². The minimum Gasteiger partial charge on any atom is -0.508 e. The van der Waals surface area contributed by atoms with Crippen molar-refractivity contribution in [2.75, 3.05) is 44.2 Å². The molecule has 4 saturated heterocycles. The summed E-state index contributed by atoms with van der Waals surface area (Å²) in [4.78, 5) is 16.4. The van der Waals surface area contributed by atoms with Crippen molar-refractivity contribution in [3.63, 3.8) is 0 Å². The quantitative estimate of drug-likeness (QED) is 0.185. The highest BCUT2D eigenvalue weighted by Gasteiger charge is 2.49.